The monoisotopic (exact) mass is 526 g/mol. The summed E-state index contributed by atoms with van der Waals surface area (Å²) in [6.07, 6.45) is 3.37. The van der Waals surface area contributed by atoms with E-state index in [9.17, 15) is 15.0 Å². The lowest BCUT2D eigenvalue weighted by Gasteiger charge is -2.32. The van der Waals surface area contributed by atoms with E-state index in [1.54, 1.807) is 26.1 Å². The molecule has 10 heteroatoms. The lowest BCUT2D eigenvalue weighted by atomic mass is 9.97. The topological polar surface area (TPSA) is 100 Å². The molecule has 8 nitrogen and oxygen atoms in total. The number of rotatable bonds is 5. The average Bonchev–Trinajstić information content (AvgIpc) is 3.42. The molecule has 0 radical (unpaired) electrons. The summed E-state index contributed by atoms with van der Waals surface area (Å²) in [7, 11) is 0. The molecule has 1 fully saturated rings. The normalized spacial score (nSPS) is 20.0. The second-order valence-corrected chi connectivity index (χ2v) is 10.8. The number of nitrogens with zero attached hydrogens (tertiary/aromatic N) is 4. The molecule has 5 rings (SSSR count). The van der Waals surface area contributed by atoms with Gasteiger partial charge in [-0.15, -0.1) is 0 Å². The Morgan fingerprint density at radius 3 is 2.86 bits per heavy atom. The zero-order valence-electron chi connectivity index (χ0n) is 20.0. The third kappa shape index (κ3) is 5.21. The zero-order valence-corrected chi connectivity index (χ0v) is 21.6. The SMILES string of the molecule is CC(C)(O)c1ccc(Cn2ncc3cc(/C=C4/SC(N5CCOC(CO)C5)=NC4=O)ccc32)c(Cl)c1. The first-order chi connectivity index (χ1) is 17.2. The molecule has 0 bridgehead atoms. The van der Waals surface area contributed by atoms with Gasteiger partial charge in [0, 0.05) is 23.5 Å². The van der Waals surface area contributed by atoms with Gasteiger partial charge in [-0.1, -0.05) is 29.8 Å². The molecule has 3 aromatic rings. The van der Waals surface area contributed by atoms with Gasteiger partial charge in [-0.05, 0) is 66.6 Å². The summed E-state index contributed by atoms with van der Waals surface area (Å²) >= 11 is 7.84. The van der Waals surface area contributed by atoms with Crippen molar-refractivity contribution in [2.75, 3.05) is 26.3 Å². The number of morpholine rings is 1. The fourth-order valence-corrected chi connectivity index (χ4v) is 5.42. The first kappa shape index (κ1) is 25.0. The lowest BCUT2D eigenvalue weighted by Crippen LogP contribution is -2.45. The first-order valence-corrected chi connectivity index (χ1v) is 12.9. The maximum Gasteiger partial charge on any atom is 0.286 e. The largest absolute Gasteiger partial charge is 0.394 e. The van der Waals surface area contributed by atoms with E-state index < -0.39 is 5.60 Å². The number of carbonyl (C=O) groups excluding carboxylic acids is 1. The van der Waals surface area contributed by atoms with Gasteiger partial charge in [0.05, 0.1) is 48.1 Å². The molecule has 2 aromatic carbocycles. The van der Waals surface area contributed by atoms with E-state index in [1.807, 2.05) is 46.0 Å². The Kier molecular flexibility index (Phi) is 6.93. The molecule has 2 aliphatic rings. The molecule has 188 valence electrons. The van der Waals surface area contributed by atoms with Crippen molar-refractivity contribution in [1.29, 1.82) is 0 Å². The quantitative estimate of drug-likeness (QED) is 0.490. The summed E-state index contributed by atoms with van der Waals surface area (Å²) in [5.41, 5.74) is 2.54. The number of ether oxygens (including phenoxy) is 1. The van der Waals surface area contributed by atoms with E-state index in [4.69, 9.17) is 16.3 Å². The number of hydrogen-bond donors (Lipinski definition) is 2. The van der Waals surface area contributed by atoms with Gasteiger partial charge in [0.15, 0.2) is 5.17 Å². The highest BCUT2D eigenvalue weighted by Crippen LogP contribution is 2.32. The molecule has 1 saturated heterocycles. The third-order valence-electron chi connectivity index (χ3n) is 6.27. The molecule has 36 heavy (non-hydrogen) atoms. The van der Waals surface area contributed by atoms with Crippen LogP contribution >= 0.6 is 23.4 Å². The number of amides is 1. The van der Waals surface area contributed by atoms with Gasteiger partial charge in [0.25, 0.3) is 5.91 Å². The average molecular weight is 527 g/mol. The van der Waals surface area contributed by atoms with E-state index in [0.29, 0.717) is 41.3 Å². The van der Waals surface area contributed by atoms with Crippen LogP contribution in [-0.4, -0.2) is 68.4 Å². The van der Waals surface area contributed by atoms with Crippen LogP contribution in [0, 0.1) is 0 Å². The highest BCUT2D eigenvalue weighted by Gasteiger charge is 2.29. The number of aliphatic imine (C=N–C) groups is 1. The molecule has 0 spiro atoms. The van der Waals surface area contributed by atoms with Crippen molar-refractivity contribution < 1.29 is 19.7 Å². The van der Waals surface area contributed by atoms with Crippen molar-refractivity contribution >= 4 is 51.4 Å². The van der Waals surface area contributed by atoms with Crippen LogP contribution in [-0.2, 0) is 21.7 Å². The van der Waals surface area contributed by atoms with Crippen molar-refractivity contribution in [3.05, 3.63) is 69.2 Å². The molecule has 1 amide bonds. The van der Waals surface area contributed by atoms with Gasteiger partial charge in [0.1, 0.15) is 0 Å². The molecule has 1 unspecified atom stereocenters. The fourth-order valence-electron chi connectivity index (χ4n) is 4.23. The third-order valence-corrected chi connectivity index (χ3v) is 7.66. The van der Waals surface area contributed by atoms with Crippen LogP contribution in [0.4, 0.5) is 0 Å². The van der Waals surface area contributed by atoms with E-state index in [1.165, 1.54) is 11.8 Å². The number of aliphatic hydroxyl groups is 2. The highest BCUT2D eigenvalue weighted by atomic mass is 35.5. The van der Waals surface area contributed by atoms with Crippen molar-refractivity contribution in [3.8, 4) is 0 Å². The number of amidine groups is 1. The van der Waals surface area contributed by atoms with E-state index >= 15 is 0 Å². The summed E-state index contributed by atoms with van der Waals surface area (Å²) < 4.78 is 7.37. The standard InChI is InChI=1S/C26H27ClN4O4S/c1-26(2,34)19-5-4-17(21(27)11-19)13-31-22-6-3-16(9-18(22)12-28-31)10-23-24(33)29-25(36-23)30-7-8-35-20(14-30)15-32/h3-6,9-12,20,32,34H,7-8,13-15H2,1-2H3/b23-10+. The second-order valence-electron chi connectivity index (χ2n) is 9.42. The summed E-state index contributed by atoms with van der Waals surface area (Å²) in [6.45, 7) is 5.54. The molecule has 2 aliphatic heterocycles. The summed E-state index contributed by atoms with van der Waals surface area (Å²) in [5.74, 6) is -0.262. The summed E-state index contributed by atoms with van der Waals surface area (Å²) in [6, 6.07) is 11.5. The Balaban J connectivity index is 1.32. The second kappa shape index (κ2) is 9.99. The molecular weight excluding hydrogens is 500 g/mol. The van der Waals surface area contributed by atoms with Gasteiger partial charge in [-0.2, -0.15) is 10.1 Å². The number of fused-ring (bicyclic) bond motifs is 1. The van der Waals surface area contributed by atoms with Crippen LogP contribution in [0.2, 0.25) is 5.02 Å². The van der Waals surface area contributed by atoms with Gasteiger partial charge >= 0.3 is 0 Å². The molecule has 3 heterocycles. The number of carbonyl (C=O) groups is 1. The molecule has 0 aliphatic carbocycles. The Morgan fingerprint density at radius 1 is 1.28 bits per heavy atom. The van der Waals surface area contributed by atoms with Crippen LogP contribution in [0.15, 0.2) is 52.5 Å². The molecule has 2 N–H and O–H groups in total. The maximum atomic E-state index is 12.5. The van der Waals surface area contributed by atoms with Crippen molar-refractivity contribution in [2.24, 2.45) is 4.99 Å². The Hall–Kier alpha value is -2.69. The Morgan fingerprint density at radius 2 is 2.11 bits per heavy atom. The van der Waals surface area contributed by atoms with Crippen LogP contribution in [0.5, 0.6) is 0 Å². The van der Waals surface area contributed by atoms with Crippen LogP contribution < -0.4 is 0 Å². The van der Waals surface area contributed by atoms with Gasteiger partial charge in [-0.25, -0.2) is 0 Å². The Bertz CT molecular complexity index is 1380. The first-order valence-electron chi connectivity index (χ1n) is 11.7. The van der Waals surface area contributed by atoms with Gasteiger partial charge in [0.2, 0.25) is 0 Å². The smallest absolute Gasteiger partial charge is 0.286 e. The van der Waals surface area contributed by atoms with Crippen LogP contribution in [0.1, 0.15) is 30.5 Å². The zero-order chi connectivity index (χ0) is 25.4. The number of thioether (sulfide) groups is 1. The van der Waals surface area contributed by atoms with Crippen LogP contribution in [0.25, 0.3) is 17.0 Å². The van der Waals surface area contributed by atoms with Gasteiger partial charge < -0.3 is 19.8 Å². The van der Waals surface area contributed by atoms with Crippen molar-refractivity contribution in [3.63, 3.8) is 0 Å². The number of benzene rings is 2. The van der Waals surface area contributed by atoms with Crippen molar-refractivity contribution in [1.82, 2.24) is 14.7 Å². The van der Waals surface area contributed by atoms with Gasteiger partial charge in [-0.3, -0.25) is 9.48 Å². The number of hydrogen-bond acceptors (Lipinski definition) is 7. The van der Waals surface area contributed by atoms with E-state index in [2.05, 4.69) is 10.1 Å². The number of halogens is 1. The maximum absolute atomic E-state index is 12.5. The molecule has 0 saturated carbocycles. The minimum atomic E-state index is -0.958. The van der Waals surface area contributed by atoms with Crippen LogP contribution in [0.3, 0.4) is 0 Å². The summed E-state index contributed by atoms with van der Waals surface area (Å²) in [4.78, 5) is 19.3. The van der Waals surface area contributed by atoms with E-state index in [-0.39, 0.29) is 18.6 Å². The molecule has 1 atom stereocenters. The summed E-state index contributed by atoms with van der Waals surface area (Å²) in [5, 5.41) is 26.3. The molecule has 1 aromatic heterocycles. The number of aliphatic hydroxyl groups excluding tert-OH is 1. The predicted molar refractivity (Wildman–Crippen MR) is 142 cm³/mol. The Labute approximate surface area is 218 Å². The fraction of sp³-hybridized carbons (Fsp3) is 0.346. The minimum absolute atomic E-state index is 0.0584. The predicted octanol–water partition coefficient (Wildman–Crippen LogP) is 3.63. The molecular formula is C26H27ClN4O4S. The highest BCUT2D eigenvalue weighted by molar-refractivity contribution is 8.18. The number of aromatic nitrogens is 2. The minimum Gasteiger partial charge on any atom is -0.394 e. The van der Waals surface area contributed by atoms with Crippen molar-refractivity contribution in [2.45, 2.75) is 32.1 Å². The lowest BCUT2D eigenvalue weighted by molar-refractivity contribution is -0.113. The van der Waals surface area contributed by atoms with E-state index in [0.717, 1.165) is 27.6 Å².